The average molecular weight is 182 g/mol. The molecule has 0 radical (unpaired) electrons. The molecule has 1 aliphatic heterocycles. The highest BCUT2D eigenvalue weighted by molar-refractivity contribution is 6.00. The third-order valence-electron chi connectivity index (χ3n) is 2.78. The first kappa shape index (κ1) is 8.69. The van der Waals surface area contributed by atoms with Crippen LogP contribution in [0.5, 0.6) is 0 Å². The molecule has 1 atom stereocenters. The van der Waals surface area contributed by atoms with Crippen molar-refractivity contribution in [3.05, 3.63) is 0 Å². The van der Waals surface area contributed by atoms with Crippen molar-refractivity contribution in [2.24, 2.45) is 0 Å². The topological polar surface area (TPSA) is 58.2 Å². The Labute approximate surface area is 77.1 Å². The molecule has 0 spiro atoms. The largest absolute Gasteiger partial charge is 0.303 e. The standard InChI is InChI=1S/C9H14N2O2/c12-8-5-4-7(9(13)11-8)10-6-2-1-3-6/h6-7,10H,1-5H2,(H,11,12,13). The van der Waals surface area contributed by atoms with E-state index in [2.05, 4.69) is 10.6 Å². The third kappa shape index (κ3) is 1.88. The fourth-order valence-electron chi connectivity index (χ4n) is 1.71. The molecule has 2 aliphatic rings. The molecule has 1 saturated carbocycles. The van der Waals surface area contributed by atoms with Gasteiger partial charge in [0.05, 0.1) is 6.04 Å². The van der Waals surface area contributed by atoms with E-state index in [1.165, 1.54) is 6.42 Å². The SMILES string of the molecule is O=C1CCC(NC2CCC2)C(=O)N1. The first-order valence-corrected chi connectivity index (χ1v) is 4.85. The van der Waals surface area contributed by atoms with Gasteiger partial charge in [-0.25, -0.2) is 0 Å². The Morgan fingerprint density at radius 3 is 2.54 bits per heavy atom. The molecule has 0 aromatic rings. The summed E-state index contributed by atoms with van der Waals surface area (Å²) in [5, 5.41) is 5.60. The van der Waals surface area contributed by atoms with Crippen molar-refractivity contribution in [2.75, 3.05) is 0 Å². The normalized spacial score (nSPS) is 29.7. The minimum Gasteiger partial charge on any atom is -0.303 e. The van der Waals surface area contributed by atoms with E-state index in [1.807, 2.05) is 0 Å². The zero-order valence-corrected chi connectivity index (χ0v) is 7.51. The second kappa shape index (κ2) is 3.46. The van der Waals surface area contributed by atoms with Crippen LogP contribution in [0.25, 0.3) is 0 Å². The highest BCUT2D eigenvalue weighted by Crippen LogP contribution is 2.19. The number of hydrogen-bond donors (Lipinski definition) is 2. The zero-order chi connectivity index (χ0) is 9.26. The summed E-state index contributed by atoms with van der Waals surface area (Å²) < 4.78 is 0. The maximum Gasteiger partial charge on any atom is 0.243 e. The van der Waals surface area contributed by atoms with Crippen molar-refractivity contribution < 1.29 is 9.59 Å². The number of amides is 2. The van der Waals surface area contributed by atoms with Gasteiger partial charge in [0.25, 0.3) is 0 Å². The van der Waals surface area contributed by atoms with Crippen LogP contribution in [0.4, 0.5) is 0 Å². The molecule has 4 nitrogen and oxygen atoms in total. The summed E-state index contributed by atoms with van der Waals surface area (Å²) in [7, 11) is 0. The number of rotatable bonds is 2. The monoisotopic (exact) mass is 182 g/mol. The molecule has 1 unspecified atom stereocenters. The minimum absolute atomic E-state index is 0.136. The highest BCUT2D eigenvalue weighted by Gasteiger charge is 2.29. The molecular formula is C9H14N2O2. The lowest BCUT2D eigenvalue weighted by Crippen LogP contribution is -2.54. The van der Waals surface area contributed by atoms with Crippen LogP contribution >= 0.6 is 0 Å². The number of nitrogens with one attached hydrogen (secondary N) is 2. The molecule has 0 aromatic carbocycles. The van der Waals surface area contributed by atoms with Gasteiger partial charge in [0.15, 0.2) is 0 Å². The molecule has 2 amide bonds. The van der Waals surface area contributed by atoms with Crippen molar-refractivity contribution in [2.45, 2.75) is 44.2 Å². The van der Waals surface area contributed by atoms with Gasteiger partial charge in [0, 0.05) is 12.5 Å². The first-order chi connectivity index (χ1) is 6.25. The van der Waals surface area contributed by atoms with Gasteiger partial charge < -0.3 is 5.32 Å². The number of carbonyl (C=O) groups excluding carboxylic acids is 2. The van der Waals surface area contributed by atoms with Gasteiger partial charge >= 0.3 is 0 Å². The van der Waals surface area contributed by atoms with E-state index in [0.29, 0.717) is 18.9 Å². The quantitative estimate of drug-likeness (QED) is 0.588. The van der Waals surface area contributed by atoms with Crippen LogP contribution in [0.1, 0.15) is 32.1 Å². The number of piperidine rings is 1. The van der Waals surface area contributed by atoms with Crippen molar-refractivity contribution in [3.63, 3.8) is 0 Å². The van der Waals surface area contributed by atoms with E-state index in [-0.39, 0.29) is 17.9 Å². The van der Waals surface area contributed by atoms with E-state index in [4.69, 9.17) is 0 Å². The lowest BCUT2D eigenvalue weighted by Gasteiger charge is -2.32. The molecule has 13 heavy (non-hydrogen) atoms. The van der Waals surface area contributed by atoms with Crippen LogP contribution in [-0.2, 0) is 9.59 Å². The zero-order valence-electron chi connectivity index (χ0n) is 7.51. The number of imide groups is 1. The van der Waals surface area contributed by atoms with Gasteiger partial charge in [-0.1, -0.05) is 6.42 Å². The Morgan fingerprint density at radius 2 is 2.00 bits per heavy atom. The van der Waals surface area contributed by atoms with Crippen LogP contribution in [0, 0.1) is 0 Å². The maximum absolute atomic E-state index is 11.3. The molecule has 0 bridgehead atoms. The fraction of sp³-hybridized carbons (Fsp3) is 0.778. The lowest BCUT2D eigenvalue weighted by molar-refractivity contribution is -0.135. The lowest BCUT2D eigenvalue weighted by atomic mass is 9.91. The summed E-state index contributed by atoms with van der Waals surface area (Å²) in [5.74, 6) is -0.292. The second-order valence-electron chi connectivity index (χ2n) is 3.80. The Balaban J connectivity index is 1.84. The summed E-state index contributed by atoms with van der Waals surface area (Å²) >= 11 is 0. The summed E-state index contributed by atoms with van der Waals surface area (Å²) in [6, 6.07) is 0.368. The van der Waals surface area contributed by atoms with Gasteiger partial charge in [-0.3, -0.25) is 14.9 Å². The summed E-state index contributed by atoms with van der Waals surface area (Å²) in [5.41, 5.74) is 0. The van der Waals surface area contributed by atoms with Crippen LogP contribution in [0.15, 0.2) is 0 Å². The molecule has 72 valence electrons. The smallest absolute Gasteiger partial charge is 0.243 e. The molecule has 1 saturated heterocycles. The van der Waals surface area contributed by atoms with E-state index in [1.54, 1.807) is 0 Å². The Hall–Kier alpha value is -0.900. The third-order valence-corrected chi connectivity index (χ3v) is 2.78. The van der Waals surface area contributed by atoms with Crippen molar-refractivity contribution in [1.29, 1.82) is 0 Å². The molecule has 2 rings (SSSR count). The molecule has 2 N–H and O–H groups in total. The molecule has 1 heterocycles. The second-order valence-corrected chi connectivity index (χ2v) is 3.80. The van der Waals surface area contributed by atoms with Crippen LogP contribution in [0.3, 0.4) is 0 Å². The average Bonchev–Trinajstić information content (AvgIpc) is 1.99. The van der Waals surface area contributed by atoms with E-state index < -0.39 is 0 Å². The minimum atomic E-state index is -0.150. The summed E-state index contributed by atoms with van der Waals surface area (Å²) in [6.07, 6.45) is 4.71. The van der Waals surface area contributed by atoms with Crippen molar-refractivity contribution >= 4 is 11.8 Å². The Kier molecular flexibility index (Phi) is 2.31. The molecule has 2 fully saturated rings. The summed E-state index contributed by atoms with van der Waals surface area (Å²) in [4.78, 5) is 22.1. The van der Waals surface area contributed by atoms with Crippen LogP contribution in [-0.4, -0.2) is 23.9 Å². The van der Waals surface area contributed by atoms with E-state index >= 15 is 0 Å². The van der Waals surface area contributed by atoms with Gasteiger partial charge in [-0.2, -0.15) is 0 Å². The van der Waals surface area contributed by atoms with E-state index in [0.717, 1.165) is 12.8 Å². The Morgan fingerprint density at radius 1 is 1.23 bits per heavy atom. The predicted octanol–water partition coefficient (Wildman–Crippen LogP) is -0.0663. The van der Waals surface area contributed by atoms with Crippen LogP contribution < -0.4 is 10.6 Å². The van der Waals surface area contributed by atoms with Gasteiger partial charge in [-0.15, -0.1) is 0 Å². The Bertz CT molecular complexity index is 236. The van der Waals surface area contributed by atoms with Crippen molar-refractivity contribution in [3.8, 4) is 0 Å². The molecule has 4 heteroatoms. The molecule has 0 aromatic heterocycles. The summed E-state index contributed by atoms with van der Waals surface area (Å²) in [6.45, 7) is 0. The first-order valence-electron chi connectivity index (χ1n) is 4.85. The molecule has 1 aliphatic carbocycles. The van der Waals surface area contributed by atoms with E-state index in [9.17, 15) is 9.59 Å². The van der Waals surface area contributed by atoms with Gasteiger partial charge in [0.2, 0.25) is 11.8 Å². The molecular weight excluding hydrogens is 168 g/mol. The number of carbonyl (C=O) groups is 2. The van der Waals surface area contributed by atoms with Gasteiger partial charge in [0.1, 0.15) is 0 Å². The van der Waals surface area contributed by atoms with Crippen molar-refractivity contribution in [1.82, 2.24) is 10.6 Å². The highest BCUT2D eigenvalue weighted by atomic mass is 16.2. The predicted molar refractivity (Wildman–Crippen MR) is 46.9 cm³/mol. The number of hydrogen-bond acceptors (Lipinski definition) is 3. The maximum atomic E-state index is 11.3. The van der Waals surface area contributed by atoms with Crippen LogP contribution in [0.2, 0.25) is 0 Å². The fourth-order valence-corrected chi connectivity index (χ4v) is 1.71. The van der Waals surface area contributed by atoms with Gasteiger partial charge in [-0.05, 0) is 19.3 Å².